The number of hydrogen-bond donors (Lipinski definition) is 1. The molecule has 3 aromatic carbocycles. The standard InChI is InChI=1S/C25H23N3O2/c1-17-10-9-14-22(18(17)2)26-25(29)21-16-28(19-11-5-4-6-12-19)27-24(21)20-13-7-8-15-23(20)30-3/h4-16H,1-3H3,(H,26,29). The molecule has 0 fully saturated rings. The molecule has 0 atom stereocenters. The maximum Gasteiger partial charge on any atom is 0.259 e. The summed E-state index contributed by atoms with van der Waals surface area (Å²) < 4.78 is 7.24. The van der Waals surface area contributed by atoms with Crippen molar-refractivity contribution in [1.82, 2.24) is 9.78 Å². The Morgan fingerprint density at radius 3 is 2.43 bits per heavy atom. The van der Waals surface area contributed by atoms with Crippen molar-refractivity contribution in [3.05, 3.63) is 95.7 Å². The van der Waals surface area contributed by atoms with Crippen molar-refractivity contribution in [1.29, 1.82) is 0 Å². The van der Waals surface area contributed by atoms with Gasteiger partial charge in [0.15, 0.2) is 0 Å². The highest BCUT2D eigenvalue weighted by Crippen LogP contribution is 2.32. The zero-order valence-corrected chi connectivity index (χ0v) is 17.2. The van der Waals surface area contributed by atoms with Crippen molar-refractivity contribution in [3.63, 3.8) is 0 Å². The number of rotatable bonds is 5. The molecule has 4 rings (SSSR count). The number of ether oxygens (including phenoxy) is 1. The van der Waals surface area contributed by atoms with Gasteiger partial charge in [-0.25, -0.2) is 4.68 Å². The van der Waals surface area contributed by atoms with Crippen molar-refractivity contribution in [2.45, 2.75) is 13.8 Å². The van der Waals surface area contributed by atoms with E-state index in [1.807, 2.05) is 86.6 Å². The first kappa shape index (κ1) is 19.5. The minimum absolute atomic E-state index is 0.216. The van der Waals surface area contributed by atoms with Gasteiger partial charge in [0.1, 0.15) is 11.4 Å². The van der Waals surface area contributed by atoms with Gasteiger partial charge < -0.3 is 10.1 Å². The molecule has 1 amide bonds. The highest BCUT2D eigenvalue weighted by atomic mass is 16.5. The predicted octanol–water partition coefficient (Wildman–Crippen LogP) is 5.42. The number of anilines is 1. The normalized spacial score (nSPS) is 10.6. The smallest absolute Gasteiger partial charge is 0.259 e. The van der Waals surface area contributed by atoms with Crippen molar-refractivity contribution >= 4 is 11.6 Å². The maximum atomic E-state index is 13.3. The summed E-state index contributed by atoms with van der Waals surface area (Å²) in [5.41, 5.74) is 5.64. The Labute approximate surface area is 175 Å². The van der Waals surface area contributed by atoms with Crippen LogP contribution in [0.2, 0.25) is 0 Å². The van der Waals surface area contributed by atoms with Gasteiger partial charge in [0.2, 0.25) is 0 Å². The van der Waals surface area contributed by atoms with E-state index in [-0.39, 0.29) is 5.91 Å². The lowest BCUT2D eigenvalue weighted by molar-refractivity contribution is 0.102. The number of nitrogens with one attached hydrogen (secondary N) is 1. The maximum absolute atomic E-state index is 13.3. The van der Waals surface area contributed by atoms with Crippen LogP contribution in [0, 0.1) is 13.8 Å². The molecule has 1 heterocycles. The van der Waals surface area contributed by atoms with Crippen LogP contribution >= 0.6 is 0 Å². The Kier molecular flexibility index (Phi) is 5.35. The lowest BCUT2D eigenvalue weighted by Crippen LogP contribution is -2.13. The van der Waals surface area contributed by atoms with Crippen LogP contribution in [0.4, 0.5) is 5.69 Å². The monoisotopic (exact) mass is 397 g/mol. The summed E-state index contributed by atoms with van der Waals surface area (Å²) in [4.78, 5) is 13.3. The Hall–Kier alpha value is -3.86. The van der Waals surface area contributed by atoms with Gasteiger partial charge in [-0.2, -0.15) is 5.10 Å². The minimum atomic E-state index is -0.216. The highest BCUT2D eigenvalue weighted by molar-refractivity contribution is 6.08. The summed E-state index contributed by atoms with van der Waals surface area (Å²) in [6.45, 7) is 4.03. The Morgan fingerprint density at radius 1 is 0.933 bits per heavy atom. The third kappa shape index (κ3) is 3.70. The molecule has 0 spiro atoms. The van der Waals surface area contributed by atoms with Crippen molar-refractivity contribution in [3.8, 4) is 22.7 Å². The molecule has 0 aliphatic rings. The molecule has 0 bridgehead atoms. The number of amides is 1. The molecule has 0 unspecified atom stereocenters. The van der Waals surface area contributed by atoms with Gasteiger partial charge in [0.25, 0.3) is 5.91 Å². The van der Waals surface area contributed by atoms with E-state index < -0.39 is 0 Å². The van der Waals surface area contributed by atoms with Gasteiger partial charge in [-0.3, -0.25) is 4.79 Å². The molecule has 0 radical (unpaired) electrons. The first-order chi connectivity index (χ1) is 14.6. The summed E-state index contributed by atoms with van der Waals surface area (Å²) in [6.07, 6.45) is 1.76. The topological polar surface area (TPSA) is 56.2 Å². The number of aromatic nitrogens is 2. The third-order valence-corrected chi connectivity index (χ3v) is 5.19. The Balaban J connectivity index is 1.82. The highest BCUT2D eigenvalue weighted by Gasteiger charge is 2.21. The molecule has 4 aromatic rings. The van der Waals surface area contributed by atoms with Crippen molar-refractivity contribution in [2.75, 3.05) is 12.4 Å². The lowest BCUT2D eigenvalue weighted by atomic mass is 10.1. The van der Waals surface area contributed by atoms with Crippen LogP contribution in [0.5, 0.6) is 5.75 Å². The van der Waals surface area contributed by atoms with E-state index in [0.29, 0.717) is 17.0 Å². The molecule has 150 valence electrons. The largest absolute Gasteiger partial charge is 0.496 e. The number of benzene rings is 3. The predicted molar refractivity (Wildman–Crippen MR) is 119 cm³/mol. The number of para-hydroxylation sites is 2. The van der Waals surface area contributed by atoms with Gasteiger partial charge in [0.05, 0.1) is 18.4 Å². The minimum Gasteiger partial charge on any atom is -0.496 e. The fraction of sp³-hybridized carbons (Fsp3) is 0.120. The number of carbonyl (C=O) groups is 1. The van der Waals surface area contributed by atoms with Gasteiger partial charge in [0, 0.05) is 17.4 Å². The number of carbonyl (C=O) groups excluding carboxylic acids is 1. The molecule has 0 saturated heterocycles. The summed E-state index contributed by atoms with van der Waals surface area (Å²) in [7, 11) is 1.61. The average Bonchev–Trinajstić information content (AvgIpc) is 3.23. The molecule has 0 aliphatic heterocycles. The summed E-state index contributed by atoms with van der Waals surface area (Å²) >= 11 is 0. The third-order valence-electron chi connectivity index (χ3n) is 5.19. The number of hydrogen-bond acceptors (Lipinski definition) is 3. The number of nitrogens with zero attached hydrogens (tertiary/aromatic N) is 2. The van der Waals surface area contributed by atoms with Crippen molar-refractivity contribution < 1.29 is 9.53 Å². The van der Waals surface area contributed by atoms with E-state index in [2.05, 4.69) is 5.32 Å². The van der Waals surface area contributed by atoms with Crippen LogP contribution in [0.15, 0.2) is 79.0 Å². The molecule has 1 N–H and O–H groups in total. The SMILES string of the molecule is COc1ccccc1-c1nn(-c2ccccc2)cc1C(=O)Nc1cccc(C)c1C. The molecule has 1 aromatic heterocycles. The fourth-order valence-corrected chi connectivity index (χ4v) is 3.37. The van der Waals surface area contributed by atoms with Crippen LogP contribution in [0.25, 0.3) is 16.9 Å². The second-order valence-electron chi connectivity index (χ2n) is 7.07. The van der Waals surface area contributed by atoms with Gasteiger partial charge >= 0.3 is 0 Å². The van der Waals surface area contributed by atoms with E-state index in [1.54, 1.807) is 18.0 Å². The molecule has 5 heteroatoms. The van der Waals surface area contributed by atoms with Crippen LogP contribution in [0.1, 0.15) is 21.5 Å². The average molecular weight is 397 g/mol. The van der Waals surface area contributed by atoms with E-state index in [9.17, 15) is 4.79 Å². The molecular formula is C25H23N3O2. The molecular weight excluding hydrogens is 374 g/mol. The van der Waals surface area contributed by atoms with Crippen molar-refractivity contribution in [2.24, 2.45) is 0 Å². The number of aryl methyl sites for hydroxylation is 1. The van der Waals surface area contributed by atoms with Gasteiger partial charge in [-0.15, -0.1) is 0 Å². The zero-order valence-electron chi connectivity index (χ0n) is 17.2. The van der Waals surface area contributed by atoms with Crippen LogP contribution in [0.3, 0.4) is 0 Å². The van der Waals surface area contributed by atoms with Crippen LogP contribution in [-0.2, 0) is 0 Å². The Bertz CT molecular complexity index is 1200. The molecule has 0 aliphatic carbocycles. The summed E-state index contributed by atoms with van der Waals surface area (Å²) in [5, 5.41) is 7.78. The lowest BCUT2D eigenvalue weighted by Gasteiger charge is -2.11. The van der Waals surface area contributed by atoms with Crippen LogP contribution in [-0.4, -0.2) is 22.8 Å². The van der Waals surface area contributed by atoms with E-state index in [0.717, 1.165) is 28.1 Å². The first-order valence-electron chi connectivity index (χ1n) is 9.74. The molecule has 0 saturated carbocycles. The molecule has 30 heavy (non-hydrogen) atoms. The summed E-state index contributed by atoms with van der Waals surface area (Å²) in [5.74, 6) is 0.448. The van der Waals surface area contributed by atoms with E-state index >= 15 is 0 Å². The second kappa shape index (κ2) is 8.25. The second-order valence-corrected chi connectivity index (χ2v) is 7.07. The van der Waals surface area contributed by atoms with Gasteiger partial charge in [-0.05, 0) is 55.3 Å². The van der Waals surface area contributed by atoms with E-state index in [4.69, 9.17) is 9.84 Å². The summed E-state index contributed by atoms with van der Waals surface area (Å²) in [6, 6.07) is 23.2. The van der Waals surface area contributed by atoms with Gasteiger partial charge in [-0.1, -0.05) is 42.5 Å². The molecule has 5 nitrogen and oxygen atoms in total. The zero-order chi connectivity index (χ0) is 21.1. The van der Waals surface area contributed by atoms with Crippen LogP contribution < -0.4 is 10.1 Å². The Morgan fingerprint density at radius 2 is 1.67 bits per heavy atom. The number of methoxy groups -OCH3 is 1. The quantitative estimate of drug-likeness (QED) is 0.489. The van der Waals surface area contributed by atoms with E-state index in [1.165, 1.54) is 0 Å². The fourth-order valence-electron chi connectivity index (χ4n) is 3.37. The first-order valence-corrected chi connectivity index (χ1v) is 9.74.